The number of benzene rings is 1. The van der Waals surface area contributed by atoms with Gasteiger partial charge in [0.05, 0.1) is 5.92 Å². The molecule has 1 heterocycles. The van der Waals surface area contributed by atoms with E-state index in [1.165, 1.54) is 18.2 Å². The number of carbonyl (C=O) groups is 1. The zero-order chi connectivity index (χ0) is 13.8. The van der Waals surface area contributed by atoms with Gasteiger partial charge in [0.1, 0.15) is 5.82 Å². The molecule has 1 atom stereocenters. The minimum absolute atomic E-state index is 0.156. The first kappa shape index (κ1) is 13.7. The summed E-state index contributed by atoms with van der Waals surface area (Å²) in [5.74, 6) is -2.50. The number of aliphatic carboxylic acids is 1. The van der Waals surface area contributed by atoms with Gasteiger partial charge in [0.25, 0.3) is 0 Å². The zero-order valence-corrected chi connectivity index (χ0v) is 11.5. The van der Waals surface area contributed by atoms with Crippen molar-refractivity contribution in [1.82, 2.24) is 4.98 Å². The second kappa shape index (κ2) is 5.93. The van der Waals surface area contributed by atoms with Crippen LogP contribution in [-0.2, 0) is 11.2 Å². The molecule has 2 rings (SSSR count). The van der Waals surface area contributed by atoms with E-state index in [1.807, 2.05) is 0 Å². The lowest BCUT2D eigenvalue weighted by Gasteiger charge is -2.13. The molecule has 0 spiro atoms. The van der Waals surface area contributed by atoms with Crippen LogP contribution in [0.15, 0.2) is 47.1 Å². The Labute approximate surface area is 118 Å². The van der Waals surface area contributed by atoms with Crippen molar-refractivity contribution in [3.63, 3.8) is 0 Å². The van der Waals surface area contributed by atoms with E-state index in [0.29, 0.717) is 5.69 Å². The maximum absolute atomic E-state index is 13.7. The van der Waals surface area contributed by atoms with E-state index in [2.05, 4.69) is 20.9 Å². The van der Waals surface area contributed by atoms with Crippen LogP contribution in [0.4, 0.5) is 4.39 Å². The van der Waals surface area contributed by atoms with Gasteiger partial charge >= 0.3 is 5.97 Å². The Kier molecular flexibility index (Phi) is 4.27. The second-order valence-corrected chi connectivity index (χ2v) is 5.00. The van der Waals surface area contributed by atoms with Crippen LogP contribution < -0.4 is 0 Å². The van der Waals surface area contributed by atoms with Crippen LogP contribution in [0.1, 0.15) is 17.2 Å². The fraction of sp³-hybridized carbons (Fsp3) is 0.143. The van der Waals surface area contributed by atoms with E-state index < -0.39 is 17.7 Å². The van der Waals surface area contributed by atoms with Crippen molar-refractivity contribution < 1.29 is 14.3 Å². The third kappa shape index (κ3) is 3.38. The number of carboxylic acid groups (broad SMARTS) is 1. The van der Waals surface area contributed by atoms with Crippen molar-refractivity contribution in [3.8, 4) is 0 Å². The van der Waals surface area contributed by atoms with Crippen molar-refractivity contribution in [2.45, 2.75) is 12.3 Å². The number of hydrogen-bond acceptors (Lipinski definition) is 2. The molecule has 0 fully saturated rings. The summed E-state index contributed by atoms with van der Waals surface area (Å²) in [4.78, 5) is 15.4. The molecule has 1 N–H and O–H groups in total. The second-order valence-electron chi connectivity index (χ2n) is 4.08. The normalized spacial score (nSPS) is 12.1. The summed E-state index contributed by atoms with van der Waals surface area (Å²) in [6.45, 7) is 0. The van der Waals surface area contributed by atoms with Crippen molar-refractivity contribution in [2.24, 2.45) is 0 Å². The topological polar surface area (TPSA) is 50.2 Å². The Hall–Kier alpha value is -1.75. The molecular formula is C14H11BrFNO2. The third-order valence-corrected chi connectivity index (χ3v) is 3.25. The van der Waals surface area contributed by atoms with E-state index in [1.54, 1.807) is 24.4 Å². The summed E-state index contributed by atoms with van der Waals surface area (Å²) >= 11 is 3.26. The predicted octanol–water partition coefficient (Wildman–Crippen LogP) is 3.39. The summed E-state index contributed by atoms with van der Waals surface area (Å²) in [6.07, 6.45) is 1.75. The summed E-state index contributed by atoms with van der Waals surface area (Å²) in [6, 6.07) is 9.43. The van der Waals surface area contributed by atoms with Crippen molar-refractivity contribution in [2.75, 3.05) is 0 Å². The molecule has 0 aliphatic heterocycles. The fourth-order valence-corrected chi connectivity index (χ4v) is 2.06. The SMILES string of the molecule is O=C(O)C(Cc1ccc(Br)cn1)c1ccccc1F. The highest BCUT2D eigenvalue weighted by Crippen LogP contribution is 2.23. The maximum Gasteiger partial charge on any atom is 0.311 e. The van der Waals surface area contributed by atoms with Gasteiger partial charge < -0.3 is 5.11 Å². The Morgan fingerprint density at radius 1 is 1.32 bits per heavy atom. The van der Waals surface area contributed by atoms with Crippen LogP contribution >= 0.6 is 15.9 Å². The Balaban J connectivity index is 2.29. The van der Waals surface area contributed by atoms with E-state index in [-0.39, 0.29) is 12.0 Å². The molecule has 0 amide bonds. The number of hydrogen-bond donors (Lipinski definition) is 1. The number of aromatic nitrogens is 1. The molecule has 0 saturated carbocycles. The third-order valence-electron chi connectivity index (χ3n) is 2.78. The van der Waals surface area contributed by atoms with Gasteiger partial charge in [-0.2, -0.15) is 0 Å². The number of pyridine rings is 1. The molecule has 0 aliphatic carbocycles. The standard InChI is InChI=1S/C14H11BrFNO2/c15-9-5-6-10(17-8-9)7-12(14(18)19)11-3-1-2-4-13(11)16/h1-6,8,12H,7H2,(H,18,19). The van der Waals surface area contributed by atoms with E-state index in [9.17, 15) is 14.3 Å². The van der Waals surface area contributed by atoms with Gasteiger partial charge in [-0.1, -0.05) is 18.2 Å². The zero-order valence-electron chi connectivity index (χ0n) is 9.88. The van der Waals surface area contributed by atoms with E-state index in [0.717, 1.165) is 4.47 Å². The van der Waals surface area contributed by atoms with Gasteiger partial charge in [0.2, 0.25) is 0 Å². The Bertz CT molecular complexity index is 586. The van der Waals surface area contributed by atoms with Gasteiger partial charge in [-0.25, -0.2) is 4.39 Å². The highest BCUT2D eigenvalue weighted by Gasteiger charge is 2.23. The number of nitrogens with zero attached hydrogens (tertiary/aromatic N) is 1. The summed E-state index contributed by atoms with van der Waals surface area (Å²) in [7, 11) is 0. The summed E-state index contributed by atoms with van der Waals surface area (Å²) in [5.41, 5.74) is 0.790. The number of halogens is 2. The molecule has 98 valence electrons. The summed E-state index contributed by atoms with van der Waals surface area (Å²) < 4.78 is 14.5. The fourth-order valence-electron chi connectivity index (χ4n) is 1.82. The lowest BCUT2D eigenvalue weighted by Crippen LogP contribution is -2.16. The van der Waals surface area contributed by atoms with Gasteiger partial charge in [-0.3, -0.25) is 9.78 Å². The van der Waals surface area contributed by atoms with Crippen LogP contribution in [0, 0.1) is 5.82 Å². The van der Waals surface area contributed by atoms with Crippen LogP contribution in [0.5, 0.6) is 0 Å². The predicted molar refractivity (Wildman–Crippen MR) is 72.4 cm³/mol. The van der Waals surface area contributed by atoms with Crippen molar-refractivity contribution >= 4 is 21.9 Å². The van der Waals surface area contributed by atoms with Crippen molar-refractivity contribution in [3.05, 3.63) is 64.1 Å². The van der Waals surface area contributed by atoms with Gasteiger partial charge in [0.15, 0.2) is 0 Å². The van der Waals surface area contributed by atoms with Gasteiger partial charge in [-0.15, -0.1) is 0 Å². The molecule has 0 bridgehead atoms. The van der Waals surface area contributed by atoms with Gasteiger partial charge in [0, 0.05) is 28.3 Å². The maximum atomic E-state index is 13.7. The van der Waals surface area contributed by atoms with Gasteiger partial charge in [-0.05, 0) is 34.1 Å². The lowest BCUT2D eigenvalue weighted by atomic mass is 9.93. The quantitative estimate of drug-likeness (QED) is 0.938. The highest BCUT2D eigenvalue weighted by atomic mass is 79.9. The summed E-state index contributed by atoms with van der Waals surface area (Å²) in [5, 5.41) is 9.26. The average Bonchev–Trinajstić information content (AvgIpc) is 2.39. The van der Waals surface area contributed by atoms with E-state index in [4.69, 9.17) is 0 Å². The smallest absolute Gasteiger partial charge is 0.311 e. The van der Waals surface area contributed by atoms with Crippen LogP contribution in [0.25, 0.3) is 0 Å². The molecule has 2 aromatic rings. The molecule has 1 aromatic carbocycles. The first-order chi connectivity index (χ1) is 9.08. The molecule has 1 aromatic heterocycles. The lowest BCUT2D eigenvalue weighted by molar-refractivity contribution is -0.138. The first-order valence-corrected chi connectivity index (χ1v) is 6.45. The molecule has 0 aliphatic rings. The van der Waals surface area contributed by atoms with E-state index >= 15 is 0 Å². The van der Waals surface area contributed by atoms with Crippen LogP contribution in [0.2, 0.25) is 0 Å². The molecule has 3 nitrogen and oxygen atoms in total. The van der Waals surface area contributed by atoms with Crippen molar-refractivity contribution in [1.29, 1.82) is 0 Å². The molecule has 1 unspecified atom stereocenters. The Morgan fingerprint density at radius 3 is 2.63 bits per heavy atom. The minimum Gasteiger partial charge on any atom is -0.481 e. The Morgan fingerprint density at radius 2 is 2.05 bits per heavy atom. The molecule has 19 heavy (non-hydrogen) atoms. The number of carboxylic acids is 1. The van der Waals surface area contributed by atoms with Crippen LogP contribution in [0.3, 0.4) is 0 Å². The first-order valence-electron chi connectivity index (χ1n) is 5.65. The molecule has 0 saturated heterocycles. The highest BCUT2D eigenvalue weighted by molar-refractivity contribution is 9.10. The number of rotatable bonds is 4. The average molecular weight is 324 g/mol. The molecular weight excluding hydrogens is 313 g/mol. The largest absolute Gasteiger partial charge is 0.481 e. The minimum atomic E-state index is -1.06. The molecule has 5 heteroatoms. The van der Waals surface area contributed by atoms with Crippen LogP contribution in [-0.4, -0.2) is 16.1 Å². The monoisotopic (exact) mass is 323 g/mol. The molecule has 0 radical (unpaired) electrons.